The molecule has 134 valence electrons. The predicted octanol–water partition coefficient (Wildman–Crippen LogP) is 4.44. The van der Waals surface area contributed by atoms with E-state index < -0.39 is 11.8 Å². The summed E-state index contributed by atoms with van der Waals surface area (Å²) in [4.78, 5) is 24.9. The van der Waals surface area contributed by atoms with E-state index in [9.17, 15) is 14.0 Å². The van der Waals surface area contributed by atoms with Crippen molar-refractivity contribution in [3.05, 3.63) is 70.9 Å². The zero-order chi connectivity index (χ0) is 18.7. The van der Waals surface area contributed by atoms with Crippen LogP contribution in [-0.2, 0) is 6.54 Å². The number of urea groups is 1. The zero-order valence-electron chi connectivity index (χ0n) is 14.6. The van der Waals surface area contributed by atoms with Crippen LogP contribution >= 0.6 is 0 Å². The van der Waals surface area contributed by atoms with Crippen LogP contribution in [0.5, 0.6) is 0 Å². The van der Waals surface area contributed by atoms with Crippen LogP contribution in [0, 0.1) is 11.7 Å². The largest absolute Gasteiger partial charge is 0.323 e. The zero-order valence-corrected chi connectivity index (χ0v) is 14.6. The molecule has 2 N–H and O–H groups in total. The van der Waals surface area contributed by atoms with Gasteiger partial charge in [-0.3, -0.25) is 4.79 Å². The molecule has 0 spiro atoms. The maximum absolute atomic E-state index is 13.3. The lowest BCUT2D eigenvalue weighted by Gasteiger charge is -2.15. The van der Waals surface area contributed by atoms with Gasteiger partial charge in [0.15, 0.2) is 0 Å². The number of amides is 2. The lowest BCUT2D eigenvalue weighted by molar-refractivity contribution is 0.262. The lowest BCUT2D eigenvalue weighted by Crippen LogP contribution is -2.25. The topological polar surface area (TPSA) is 63.1 Å². The van der Waals surface area contributed by atoms with Crippen molar-refractivity contribution < 1.29 is 9.18 Å². The molecule has 2 aromatic carbocycles. The van der Waals surface area contributed by atoms with Crippen molar-refractivity contribution in [2.24, 2.45) is 5.92 Å². The molecular formula is C20H20FN3O2. The third-order valence-corrected chi connectivity index (χ3v) is 3.89. The van der Waals surface area contributed by atoms with Crippen LogP contribution in [0.15, 0.2) is 59.5 Å². The van der Waals surface area contributed by atoms with Crippen LogP contribution < -0.4 is 16.2 Å². The molecule has 0 aliphatic heterocycles. The normalized spacial score (nSPS) is 10.9. The predicted molar refractivity (Wildman–Crippen MR) is 102 cm³/mol. The second kappa shape index (κ2) is 7.39. The van der Waals surface area contributed by atoms with E-state index in [1.807, 2.05) is 19.9 Å². The second-order valence-corrected chi connectivity index (χ2v) is 6.53. The second-order valence-electron chi connectivity index (χ2n) is 6.53. The van der Waals surface area contributed by atoms with Crippen LogP contribution in [0.2, 0.25) is 0 Å². The van der Waals surface area contributed by atoms with E-state index in [1.54, 1.807) is 35.0 Å². The minimum Gasteiger partial charge on any atom is -0.313 e. The number of carbonyl (C=O) groups is 1. The van der Waals surface area contributed by atoms with Crippen molar-refractivity contribution in [1.29, 1.82) is 0 Å². The van der Waals surface area contributed by atoms with Crippen molar-refractivity contribution in [3.8, 4) is 0 Å². The van der Waals surface area contributed by atoms with E-state index in [2.05, 4.69) is 10.6 Å². The molecule has 0 saturated heterocycles. The lowest BCUT2D eigenvalue weighted by atomic mass is 10.1. The van der Waals surface area contributed by atoms with Gasteiger partial charge in [-0.15, -0.1) is 0 Å². The van der Waals surface area contributed by atoms with Gasteiger partial charge < -0.3 is 15.2 Å². The molecule has 0 aliphatic carbocycles. The van der Waals surface area contributed by atoms with E-state index in [-0.39, 0.29) is 11.5 Å². The number of nitrogens with one attached hydrogen (secondary N) is 2. The quantitative estimate of drug-likeness (QED) is 0.728. The number of benzene rings is 2. The molecule has 6 heteroatoms. The highest BCUT2D eigenvalue weighted by Gasteiger charge is 2.12. The molecule has 1 aromatic heterocycles. The molecule has 2 amide bonds. The van der Waals surface area contributed by atoms with Gasteiger partial charge in [0.05, 0.1) is 5.69 Å². The summed E-state index contributed by atoms with van der Waals surface area (Å²) in [5.74, 6) is -0.151. The molecule has 0 atom stereocenters. The molecule has 5 nitrogen and oxygen atoms in total. The van der Waals surface area contributed by atoms with Crippen molar-refractivity contribution in [2.45, 2.75) is 20.4 Å². The van der Waals surface area contributed by atoms with E-state index in [4.69, 9.17) is 0 Å². The smallest absolute Gasteiger partial charge is 0.313 e. The van der Waals surface area contributed by atoms with Crippen LogP contribution in [0.1, 0.15) is 13.8 Å². The molecule has 1 heterocycles. The molecule has 3 rings (SSSR count). The van der Waals surface area contributed by atoms with E-state index in [0.717, 1.165) is 0 Å². The SMILES string of the molecule is CC(C)Cn1cc(NC(=O)Nc2cccc(F)c2)c2ccccc2c1=O. The Morgan fingerprint density at radius 3 is 2.50 bits per heavy atom. The third-order valence-electron chi connectivity index (χ3n) is 3.89. The number of pyridine rings is 1. The van der Waals surface area contributed by atoms with Crippen LogP contribution in [0.3, 0.4) is 0 Å². The van der Waals surface area contributed by atoms with Crippen molar-refractivity contribution in [3.63, 3.8) is 0 Å². The molecular weight excluding hydrogens is 333 g/mol. The molecule has 26 heavy (non-hydrogen) atoms. The van der Waals surface area contributed by atoms with Crippen molar-refractivity contribution in [1.82, 2.24) is 4.57 Å². The minimum absolute atomic E-state index is 0.0922. The highest BCUT2D eigenvalue weighted by Crippen LogP contribution is 2.21. The first-order valence-corrected chi connectivity index (χ1v) is 8.40. The molecule has 0 bridgehead atoms. The fourth-order valence-corrected chi connectivity index (χ4v) is 2.82. The first-order chi connectivity index (χ1) is 12.4. The molecule has 0 unspecified atom stereocenters. The van der Waals surface area contributed by atoms with Gasteiger partial charge in [0.25, 0.3) is 5.56 Å². The minimum atomic E-state index is -0.504. The Morgan fingerprint density at radius 1 is 1.08 bits per heavy atom. The van der Waals surface area contributed by atoms with E-state index >= 15 is 0 Å². The Hall–Kier alpha value is -3.15. The molecule has 0 aliphatic rings. The van der Waals surface area contributed by atoms with Gasteiger partial charge in [-0.1, -0.05) is 38.1 Å². The number of rotatable bonds is 4. The Morgan fingerprint density at radius 2 is 1.81 bits per heavy atom. The number of carbonyl (C=O) groups excluding carboxylic acids is 1. The van der Waals surface area contributed by atoms with Gasteiger partial charge in [0, 0.05) is 29.2 Å². The molecule has 0 radical (unpaired) electrons. The molecule has 0 fully saturated rings. The van der Waals surface area contributed by atoms with Crippen LogP contribution in [-0.4, -0.2) is 10.6 Å². The maximum atomic E-state index is 13.3. The van der Waals surface area contributed by atoms with E-state index in [1.165, 1.54) is 18.2 Å². The summed E-state index contributed by atoms with van der Waals surface area (Å²) in [6, 6.07) is 12.3. The summed E-state index contributed by atoms with van der Waals surface area (Å²) in [6.07, 6.45) is 1.65. The van der Waals surface area contributed by atoms with Crippen molar-refractivity contribution >= 4 is 28.2 Å². The summed E-state index contributed by atoms with van der Waals surface area (Å²) < 4.78 is 14.9. The third kappa shape index (κ3) is 3.91. The Labute approximate surface area is 150 Å². The highest BCUT2D eigenvalue weighted by molar-refractivity contribution is 6.05. The number of halogens is 1. The van der Waals surface area contributed by atoms with Crippen molar-refractivity contribution in [2.75, 3.05) is 10.6 Å². The van der Waals surface area contributed by atoms with Gasteiger partial charge in [-0.25, -0.2) is 9.18 Å². The summed E-state index contributed by atoms with van der Waals surface area (Å²) in [5.41, 5.74) is 0.780. The standard InChI is InChI=1S/C20H20FN3O2/c1-13(2)11-24-12-18(16-8-3-4-9-17(16)19(24)25)23-20(26)22-15-7-5-6-14(21)10-15/h3-10,12-13H,11H2,1-2H3,(H2,22,23,26). The fraction of sp³-hybridized carbons (Fsp3) is 0.200. The Bertz CT molecular complexity index is 1010. The molecule has 0 saturated carbocycles. The number of anilines is 2. The van der Waals surface area contributed by atoms with E-state index in [0.29, 0.717) is 28.7 Å². The number of hydrogen-bond acceptors (Lipinski definition) is 2. The number of hydrogen-bond donors (Lipinski definition) is 2. The number of nitrogens with zero attached hydrogens (tertiary/aromatic N) is 1. The highest BCUT2D eigenvalue weighted by atomic mass is 19.1. The Kier molecular flexibility index (Phi) is 5.02. The summed E-state index contributed by atoms with van der Waals surface area (Å²) in [7, 11) is 0. The van der Waals surface area contributed by atoms with Crippen LogP contribution in [0.4, 0.5) is 20.6 Å². The van der Waals surface area contributed by atoms with Gasteiger partial charge >= 0.3 is 6.03 Å². The number of fused-ring (bicyclic) bond motifs is 1. The summed E-state index contributed by atoms with van der Waals surface area (Å²) in [6.45, 7) is 4.58. The molecule has 3 aromatic rings. The average molecular weight is 353 g/mol. The van der Waals surface area contributed by atoms with Crippen LogP contribution in [0.25, 0.3) is 10.8 Å². The van der Waals surface area contributed by atoms with Gasteiger partial charge in [-0.05, 0) is 30.2 Å². The fourth-order valence-electron chi connectivity index (χ4n) is 2.82. The number of aromatic nitrogens is 1. The summed E-state index contributed by atoms with van der Waals surface area (Å²) in [5, 5.41) is 6.55. The summed E-state index contributed by atoms with van der Waals surface area (Å²) >= 11 is 0. The monoisotopic (exact) mass is 353 g/mol. The maximum Gasteiger partial charge on any atom is 0.323 e. The van der Waals surface area contributed by atoms with Gasteiger partial charge in [0.1, 0.15) is 5.82 Å². The Balaban J connectivity index is 1.94. The first kappa shape index (κ1) is 17.7. The van der Waals surface area contributed by atoms with Gasteiger partial charge in [0.2, 0.25) is 0 Å². The first-order valence-electron chi connectivity index (χ1n) is 8.40. The average Bonchev–Trinajstić information content (AvgIpc) is 2.58. The van der Waals surface area contributed by atoms with Gasteiger partial charge in [-0.2, -0.15) is 0 Å².